The van der Waals surface area contributed by atoms with Crippen molar-refractivity contribution < 1.29 is 4.74 Å². The lowest BCUT2D eigenvalue weighted by molar-refractivity contribution is 0.308. The van der Waals surface area contributed by atoms with Crippen LogP contribution in [0.25, 0.3) is 0 Å². The zero-order valence-corrected chi connectivity index (χ0v) is 9.61. The van der Waals surface area contributed by atoms with Crippen molar-refractivity contribution in [3.05, 3.63) is 60.2 Å². The Morgan fingerprint density at radius 1 is 0.875 bits per heavy atom. The monoisotopic (exact) mass is 235 g/mol. The van der Waals surface area contributed by atoms with Crippen LogP contribution in [0.4, 0.5) is 5.69 Å². The summed E-state index contributed by atoms with van der Waals surface area (Å²) < 4.78 is 5.60. The molecule has 16 heavy (non-hydrogen) atoms. The Bertz CT molecular complexity index is 431. The number of nitrogen functional groups attached to an aromatic ring is 1. The minimum absolute atomic E-state index is 0. The standard InChI is InChI=1S/C13H13NO.ClH/c14-12-8-4-5-9-13(12)15-10-11-6-2-1-3-7-11;/h1-9H,10,14H2;1H. The summed E-state index contributed by atoms with van der Waals surface area (Å²) in [5.41, 5.74) is 7.57. The van der Waals surface area contributed by atoms with Crippen molar-refractivity contribution in [2.24, 2.45) is 0 Å². The molecular weight excluding hydrogens is 222 g/mol. The highest BCUT2D eigenvalue weighted by molar-refractivity contribution is 5.85. The summed E-state index contributed by atoms with van der Waals surface area (Å²) in [6, 6.07) is 17.5. The van der Waals surface area contributed by atoms with Crippen LogP contribution in [-0.2, 0) is 6.61 Å². The van der Waals surface area contributed by atoms with E-state index < -0.39 is 0 Å². The van der Waals surface area contributed by atoms with Gasteiger partial charge in [-0.05, 0) is 17.7 Å². The van der Waals surface area contributed by atoms with Crippen molar-refractivity contribution >= 4 is 18.1 Å². The first-order chi connectivity index (χ1) is 7.36. The van der Waals surface area contributed by atoms with Gasteiger partial charge >= 0.3 is 0 Å². The topological polar surface area (TPSA) is 35.2 Å². The average molecular weight is 236 g/mol. The van der Waals surface area contributed by atoms with Crippen LogP contribution in [0.3, 0.4) is 0 Å². The number of ether oxygens (including phenoxy) is 1. The zero-order valence-electron chi connectivity index (χ0n) is 8.80. The molecule has 2 rings (SSSR count). The van der Waals surface area contributed by atoms with Gasteiger partial charge in [0.2, 0.25) is 0 Å². The molecule has 0 spiro atoms. The number of benzene rings is 2. The lowest BCUT2D eigenvalue weighted by Crippen LogP contribution is -1.97. The second-order valence-electron chi connectivity index (χ2n) is 3.31. The molecule has 2 nitrogen and oxygen atoms in total. The molecule has 2 aromatic carbocycles. The molecule has 0 atom stereocenters. The molecule has 0 heterocycles. The molecule has 0 bridgehead atoms. The summed E-state index contributed by atoms with van der Waals surface area (Å²) in [6.45, 7) is 0.551. The van der Waals surface area contributed by atoms with Crippen molar-refractivity contribution in [1.29, 1.82) is 0 Å². The third kappa shape index (κ3) is 3.17. The highest BCUT2D eigenvalue weighted by Gasteiger charge is 1.98. The van der Waals surface area contributed by atoms with Crippen LogP contribution in [-0.4, -0.2) is 0 Å². The maximum Gasteiger partial charge on any atom is 0.142 e. The molecule has 0 aliphatic rings. The number of halogens is 1. The van der Waals surface area contributed by atoms with Gasteiger partial charge in [-0.2, -0.15) is 0 Å². The van der Waals surface area contributed by atoms with Crippen LogP contribution in [0.2, 0.25) is 0 Å². The fourth-order valence-corrected chi connectivity index (χ4v) is 1.35. The summed E-state index contributed by atoms with van der Waals surface area (Å²) in [6.07, 6.45) is 0. The molecule has 0 saturated heterocycles. The molecule has 0 saturated carbocycles. The SMILES string of the molecule is Cl.Nc1ccccc1OCc1ccccc1. The molecule has 0 aromatic heterocycles. The van der Waals surface area contributed by atoms with E-state index in [9.17, 15) is 0 Å². The van der Waals surface area contributed by atoms with Crippen LogP contribution in [0, 0.1) is 0 Å². The molecule has 2 aromatic rings. The number of para-hydroxylation sites is 2. The van der Waals surface area contributed by atoms with E-state index in [4.69, 9.17) is 10.5 Å². The Morgan fingerprint density at radius 2 is 1.50 bits per heavy atom. The van der Waals surface area contributed by atoms with Gasteiger partial charge in [-0.25, -0.2) is 0 Å². The Kier molecular flexibility index (Phi) is 4.67. The van der Waals surface area contributed by atoms with E-state index in [1.165, 1.54) is 0 Å². The second kappa shape index (κ2) is 6.03. The van der Waals surface area contributed by atoms with Crippen molar-refractivity contribution in [3.63, 3.8) is 0 Å². The van der Waals surface area contributed by atoms with E-state index in [1.54, 1.807) is 0 Å². The predicted octanol–water partition coefficient (Wildman–Crippen LogP) is 3.27. The van der Waals surface area contributed by atoms with Gasteiger partial charge in [0.1, 0.15) is 12.4 Å². The number of hydrogen-bond acceptors (Lipinski definition) is 2. The summed E-state index contributed by atoms with van der Waals surface area (Å²) in [4.78, 5) is 0. The van der Waals surface area contributed by atoms with Gasteiger partial charge in [0.15, 0.2) is 0 Å². The molecular formula is C13H14ClNO. The van der Waals surface area contributed by atoms with Crippen molar-refractivity contribution in [2.75, 3.05) is 5.73 Å². The van der Waals surface area contributed by atoms with Gasteiger partial charge < -0.3 is 10.5 Å². The van der Waals surface area contributed by atoms with E-state index in [2.05, 4.69) is 0 Å². The van der Waals surface area contributed by atoms with E-state index >= 15 is 0 Å². The van der Waals surface area contributed by atoms with E-state index in [0.717, 1.165) is 11.3 Å². The first kappa shape index (κ1) is 12.4. The third-order valence-corrected chi connectivity index (χ3v) is 2.16. The summed E-state index contributed by atoms with van der Waals surface area (Å²) in [7, 11) is 0. The smallest absolute Gasteiger partial charge is 0.142 e. The zero-order chi connectivity index (χ0) is 10.5. The molecule has 0 fully saturated rings. The van der Waals surface area contributed by atoms with Crippen molar-refractivity contribution in [2.45, 2.75) is 6.61 Å². The Labute approximate surface area is 101 Å². The predicted molar refractivity (Wildman–Crippen MR) is 68.9 cm³/mol. The number of nitrogens with two attached hydrogens (primary N) is 1. The van der Waals surface area contributed by atoms with E-state index in [0.29, 0.717) is 12.3 Å². The number of anilines is 1. The quantitative estimate of drug-likeness (QED) is 0.829. The van der Waals surface area contributed by atoms with Gasteiger partial charge in [0.05, 0.1) is 5.69 Å². The van der Waals surface area contributed by atoms with Gasteiger partial charge in [0.25, 0.3) is 0 Å². The maximum atomic E-state index is 5.76. The highest BCUT2D eigenvalue weighted by Crippen LogP contribution is 2.20. The van der Waals surface area contributed by atoms with Crippen LogP contribution in [0.1, 0.15) is 5.56 Å². The maximum absolute atomic E-state index is 5.76. The van der Waals surface area contributed by atoms with Gasteiger partial charge in [-0.1, -0.05) is 42.5 Å². The molecule has 2 N–H and O–H groups in total. The first-order valence-corrected chi connectivity index (χ1v) is 4.87. The molecule has 0 amide bonds. The van der Waals surface area contributed by atoms with E-state index in [1.807, 2.05) is 54.6 Å². The molecule has 0 unspecified atom stereocenters. The van der Waals surface area contributed by atoms with Crippen LogP contribution >= 0.6 is 12.4 Å². The molecule has 0 radical (unpaired) electrons. The average Bonchev–Trinajstić information content (AvgIpc) is 2.29. The van der Waals surface area contributed by atoms with E-state index in [-0.39, 0.29) is 12.4 Å². The van der Waals surface area contributed by atoms with Crippen molar-refractivity contribution in [3.8, 4) is 5.75 Å². The van der Waals surface area contributed by atoms with Crippen molar-refractivity contribution in [1.82, 2.24) is 0 Å². The normalized spacial score (nSPS) is 9.25. The minimum Gasteiger partial charge on any atom is -0.487 e. The van der Waals surface area contributed by atoms with Crippen LogP contribution in [0.5, 0.6) is 5.75 Å². The molecule has 0 aliphatic heterocycles. The number of rotatable bonds is 3. The van der Waals surface area contributed by atoms with Crippen LogP contribution < -0.4 is 10.5 Å². The summed E-state index contributed by atoms with van der Waals surface area (Å²) in [5, 5.41) is 0. The fourth-order valence-electron chi connectivity index (χ4n) is 1.35. The first-order valence-electron chi connectivity index (χ1n) is 4.87. The highest BCUT2D eigenvalue weighted by atomic mass is 35.5. The Morgan fingerprint density at radius 3 is 2.19 bits per heavy atom. The Hall–Kier alpha value is -1.67. The molecule has 0 aliphatic carbocycles. The lowest BCUT2D eigenvalue weighted by Gasteiger charge is -2.08. The minimum atomic E-state index is 0. The second-order valence-corrected chi connectivity index (χ2v) is 3.31. The fraction of sp³-hybridized carbons (Fsp3) is 0.0769. The Balaban J connectivity index is 0.00000128. The lowest BCUT2D eigenvalue weighted by atomic mass is 10.2. The number of hydrogen-bond donors (Lipinski definition) is 1. The molecule has 3 heteroatoms. The third-order valence-electron chi connectivity index (χ3n) is 2.16. The van der Waals surface area contributed by atoms with Crippen LogP contribution in [0.15, 0.2) is 54.6 Å². The molecule has 84 valence electrons. The summed E-state index contributed by atoms with van der Waals surface area (Å²) in [5.74, 6) is 0.737. The van der Waals surface area contributed by atoms with Gasteiger partial charge in [0, 0.05) is 0 Å². The van der Waals surface area contributed by atoms with Gasteiger partial charge in [-0.3, -0.25) is 0 Å². The van der Waals surface area contributed by atoms with Gasteiger partial charge in [-0.15, -0.1) is 12.4 Å². The largest absolute Gasteiger partial charge is 0.487 e. The summed E-state index contributed by atoms with van der Waals surface area (Å²) >= 11 is 0.